The van der Waals surface area contributed by atoms with Crippen LogP contribution in [0.5, 0.6) is 0 Å². The van der Waals surface area contributed by atoms with Crippen LogP contribution in [-0.2, 0) is 13.0 Å². The van der Waals surface area contributed by atoms with Gasteiger partial charge in [0.2, 0.25) is 0 Å². The summed E-state index contributed by atoms with van der Waals surface area (Å²) in [7, 11) is 1.84. The molecule has 0 amide bonds. The standard InChI is InChI=1S/C14H15N5/c1-15-13-12-14(17-9-16-13)19(10-18-12)8-7-11-5-3-2-4-6-11/h2-6,9-10H,7-8H2,1H3,(H,15,16,17). The summed E-state index contributed by atoms with van der Waals surface area (Å²) in [6.45, 7) is 0.862. The molecule has 2 aromatic heterocycles. The van der Waals surface area contributed by atoms with Crippen LogP contribution in [0.25, 0.3) is 11.2 Å². The Bertz CT molecular complexity index is 675. The van der Waals surface area contributed by atoms with Crippen LogP contribution in [0.15, 0.2) is 43.0 Å². The number of hydrogen-bond acceptors (Lipinski definition) is 4. The van der Waals surface area contributed by atoms with Crippen molar-refractivity contribution in [3.63, 3.8) is 0 Å². The fourth-order valence-electron chi connectivity index (χ4n) is 2.12. The lowest BCUT2D eigenvalue weighted by atomic mass is 10.1. The van der Waals surface area contributed by atoms with Crippen molar-refractivity contribution in [3.8, 4) is 0 Å². The maximum atomic E-state index is 4.38. The van der Waals surface area contributed by atoms with E-state index in [-0.39, 0.29) is 0 Å². The van der Waals surface area contributed by atoms with E-state index in [1.807, 2.05) is 19.4 Å². The van der Waals surface area contributed by atoms with Crippen molar-refractivity contribution in [2.24, 2.45) is 0 Å². The van der Waals surface area contributed by atoms with Crippen molar-refractivity contribution in [1.29, 1.82) is 0 Å². The van der Waals surface area contributed by atoms with Gasteiger partial charge in [-0.1, -0.05) is 30.3 Å². The molecule has 1 N–H and O–H groups in total. The fourth-order valence-corrected chi connectivity index (χ4v) is 2.12. The van der Waals surface area contributed by atoms with Crippen molar-refractivity contribution in [2.75, 3.05) is 12.4 Å². The molecule has 0 aliphatic rings. The highest BCUT2D eigenvalue weighted by Gasteiger charge is 2.08. The number of nitrogens with zero attached hydrogens (tertiary/aromatic N) is 4. The molecular weight excluding hydrogens is 238 g/mol. The summed E-state index contributed by atoms with van der Waals surface area (Å²) in [5.41, 5.74) is 3.00. The number of nitrogens with one attached hydrogen (secondary N) is 1. The van der Waals surface area contributed by atoms with Crippen LogP contribution in [0.1, 0.15) is 5.56 Å². The van der Waals surface area contributed by atoms with Crippen LogP contribution in [0.4, 0.5) is 5.82 Å². The predicted octanol–water partition coefficient (Wildman–Crippen LogP) is 2.11. The molecule has 1 aromatic carbocycles. The first-order valence-corrected chi connectivity index (χ1v) is 6.26. The van der Waals surface area contributed by atoms with Crippen molar-refractivity contribution in [2.45, 2.75) is 13.0 Å². The normalized spacial score (nSPS) is 10.8. The molecular formula is C14H15N5. The zero-order chi connectivity index (χ0) is 13.1. The van der Waals surface area contributed by atoms with Gasteiger partial charge in [-0.3, -0.25) is 0 Å². The highest BCUT2D eigenvalue weighted by molar-refractivity contribution is 5.82. The summed E-state index contributed by atoms with van der Waals surface area (Å²) in [6.07, 6.45) is 4.35. The molecule has 0 saturated carbocycles. The number of rotatable bonds is 4. The van der Waals surface area contributed by atoms with Crippen molar-refractivity contribution in [1.82, 2.24) is 19.5 Å². The van der Waals surface area contributed by atoms with Crippen LogP contribution < -0.4 is 5.32 Å². The molecule has 0 radical (unpaired) electrons. The maximum absolute atomic E-state index is 4.38. The monoisotopic (exact) mass is 253 g/mol. The third-order valence-corrected chi connectivity index (χ3v) is 3.12. The Balaban J connectivity index is 1.86. The van der Waals surface area contributed by atoms with E-state index in [0.29, 0.717) is 0 Å². The van der Waals surface area contributed by atoms with Crippen LogP contribution in [0, 0.1) is 0 Å². The molecule has 3 rings (SSSR count). The second-order valence-corrected chi connectivity index (χ2v) is 4.32. The zero-order valence-corrected chi connectivity index (χ0v) is 10.7. The number of anilines is 1. The summed E-state index contributed by atoms with van der Waals surface area (Å²) < 4.78 is 2.06. The van der Waals surface area contributed by atoms with Gasteiger partial charge in [-0.25, -0.2) is 15.0 Å². The molecule has 5 heteroatoms. The lowest BCUT2D eigenvalue weighted by molar-refractivity contribution is 0.709. The summed E-state index contributed by atoms with van der Waals surface area (Å²) in [5, 5.41) is 3.03. The van der Waals surface area contributed by atoms with Gasteiger partial charge in [0.15, 0.2) is 11.5 Å². The lowest BCUT2D eigenvalue weighted by Gasteiger charge is -2.04. The number of imidazole rings is 1. The van der Waals surface area contributed by atoms with Crippen LogP contribution in [0.2, 0.25) is 0 Å². The number of fused-ring (bicyclic) bond motifs is 1. The van der Waals surface area contributed by atoms with Gasteiger partial charge in [0, 0.05) is 13.6 Å². The Morgan fingerprint density at radius 2 is 1.95 bits per heavy atom. The van der Waals surface area contributed by atoms with E-state index in [1.54, 1.807) is 6.33 Å². The van der Waals surface area contributed by atoms with E-state index in [0.717, 1.165) is 29.9 Å². The minimum atomic E-state index is 0.767. The number of benzene rings is 1. The molecule has 19 heavy (non-hydrogen) atoms. The first-order valence-electron chi connectivity index (χ1n) is 6.26. The molecule has 3 aromatic rings. The van der Waals surface area contributed by atoms with Crippen molar-refractivity contribution in [3.05, 3.63) is 48.5 Å². The third kappa shape index (κ3) is 2.27. The van der Waals surface area contributed by atoms with Gasteiger partial charge < -0.3 is 9.88 Å². The average molecular weight is 253 g/mol. The van der Waals surface area contributed by atoms with E-state index in [4.69, 9.17) is 0 Å². The van der Waals surface area contributed by atoms with Crippen LogP contribution in [-0.4, -0.2) is 26.6 Å². The van der Waals surface area contributed by atoms with Gasteiger partial charge in [-0.15, -0.1) is 0 Å². The molecule has 0 saturated heterocycles. The summed E-state index contributed by atoms with van der Waals surface area (Å²) in [5.74, 6) is 0.767. The minimum Gasteiger partial charge on any atom is -0.371 e. The third-order valence-electron chi connectivity index (χ3n) is 3.12. The molecule has 5 nitrogen and oxygen atoms in total. The molecule has 0 fully saturated rings. The molecule has 0 unspecified atom stereocenters. The Labute approximate surface area is 111 Å². The fraction of sp³-hybridized carbons (Fsp3) is 0.214. The predicted molar refractivity (Wildman–Crippen MR) is 75.0 cm³/mol. The molecule has 0 aliphatic heterocycles. The van der Waals surface area contributed by atoms with E-state index in [1.165, 1.54) is 5.56 Å². The number of aromatic nitrogens is 4. The molecule has 0 spiro atoms. The lowest BCUT2D eigenvalue weighted by Crippen LogP contribution is -2.02. The van der Waals surface area contributed by atoms with Gasteiger partial charge in [0.1, 0.15) is 11.8 Å². The van der Waals surface area contributed by atoms with Gasteiger partial charge in [-0.2, -0.15) is 0 Å². The van der Waals surface area contributed by atoms with Gasteiger partial charge in [0.25, 0.3) is 0 Å². The Hall–Kier alpha value is -2.43. The highest BCUT2D eigenvalue weighted by atomic mass is 15.1. The maximum Gasteiger partial charge on any atom is 0.165 e. The van der Waals surface area contributed by atoms with Crippen LogP contribution in [0.3, 0.4) is 0 Å². The van der Waals surface area contributed by atoms with Gasteiger partial charge in [0.05, 0.1) is 6.33 Å². The minimum absolute atomic E-state index is 0.767. The van der Waals surface area contributed by atoms with E-state index in [2.05, 4.69) is 49.1 Å². The largest absolute Gasteiger partial charge is 0.371 e. The van der Waals surface area contributed by atoms with Crippen molar-refractivity contribution < 1.29 is 0 Å². The van der Waals surface area contributed by atoms with Gasteiger partial charge >= 0.3 is 0 Å². The Morgan fingerprint density at radius 1 is 1.11 bits per heavy atom. The topological polar surface area (TPSA) is 55.6 Å². The highest BCUT2D eigenvalue weighted by Crippen LogP contribution is 2.16. The van der Waals surface area contributed by atoms with Crippen LogP contribution >= 0.6 is 0 Å². The first-order chi connectivity index (χ1) is 9.38. The molecule has 0 atom stereocenters. The summed E-state index contributed by atoms with van der Waals surface area (Å²) >= 11 is 0. The SMILES string of the molecule is CNc1ncnc2c1ncn2CCc1ccccc1. The van der Waals surface area contributed by atoms with Crippen molar-refractivity contribution >= 4 is 17.0 Å². The first kappa shape index (κ1) is 11.6. The zero-order valence-electron chi connectivity index (χ0n) is 10.7. The van der Waals surface area contributed by atoms with E-state index >= 15 is 0 Å². The smallest absolute Gasteiger partial charge is 0.165 e. The Morgan fingerprint density at radius 3 is 2.74 bits per heavy atom. The summed E-state index contributed by atoms with van der Waals surface area (Å²) in [6, 6.07) is 10.4. The molecule has 2 heterocycles. The second-order valence-electron chi connectivity index (χ2n) is 4.32. The quantitative estimate of drug-likeness (QED) is 0.773. The number of hydrogen-bond donors (Lipinski definition) is 1. The van der Waals surface area contributed by atoms with E-state index < -0.39 is 0 Å². The van der Waals surface area contributed by atoms with Gasteiger partial charge in [-0.05, 0) is 12.0 Å². The molecule has 96 valence electrons. The number of aryl methyl sites for hydroxylation is 2. The molecule has 0 bridgehead atoms. The van der Waals surface area contributed by atoms with E-state index in [9.17, 15) is 0 Å². The Kier molecular flexibility index (Phi) is 3.10. The average Bonchev–Trinajstić information content (AvgIpc) is 2.89. The molecule has 0 aliphatic carbocycles. The second kappa shape index (κ2) is 5.06. The summed E-state index contributed by atoms with van der Waals surface area (Å²) in [4.78, 5) is 12.8.